The highest BCUT2D eigenvalue weighted by molar-refractivity contribution is 5.13. The van der Waals surface area contributed by atoms with Gasteiger partial charge in [0.05, 0.1) is 0 Å². The van der Waals surface area contributed by atoms with Crippen LogP contribution >= 0.6 is 0 Å². The maximum absolute atomic E-state index is 4.29. The third-order valence-electron chi connectivity index (χ3n) is 1.66. The molecule has 0 aromatic carbocycles. The minimum Gasteiger partial charge on any atom is -0.238 e. The SMILES string of the molecule is C=CCc1cc(CC)nc(C)n1. The Balaban J connectivity index is 2.97. The van der Waals surface area contributed by atoms with Gasteiger partial charge in [0.15, 0.2) is 0 Å². The molecule has 0 amide bonds. The Morgan fingerprint density at radius 2 is 2.08 bits per heavy atom. The molecule has 0 unspecified atom stereocenters. The number of nitrogens with zero attached hydrogens (tertiary/aromatic N) is 2. The van der Waals surface area contributed by atoms with Gasteiger partial charge in [-0.2, -0.15) is 0 Å². The third kappa shape index (κ3) is 2.16. The zero-order valence-corrected chi connectivity index (χ0v) is 7.67. The second-order valence-corrected chi connectivity index (χ2v) is 2.74. The molecule has 0 atom stereocenters. The summed E-state index contributed by atoms with van der Waals surface area (Å²) in [4.78, 5) is 8.58. The summed E-state index contributed by atoms with van der Waals surface area (Å²) in [7, 11) is 0. The molecule has 2 nitrogen and oxygen atoms in total. The zero-order valence-electron chi connectivity index (χ0n) is 7.67. The zero-order chi connectivity index (χ0) is 8.97. The number of hydrogen-bond acceptors (Lipinski definition) is 2. The van der Waals surface area contributed by atoms with Crippen molar-refractivity contribution in [3.05, 3.63) is 35.9 Å². The smallest absolute Gasteiger partial charge is 0.125 e. The van der Waals surface area contributed by atoms with Crippen molar-refractivity contribution in [1.82, 2.24) is 9.97 Å². The highest BCUT2D eigenvalue weighted by atomic mass is 14.9. The minimum atomic E-state index is 0.830. The Hall–Kier alpha value is -1.18. The van der Waals surface area contributed by atoms with E-state index in [2.05, 4.69) is 23.5 Å². The third-order valence-corrected chi connectivity index (χ3v) is 1.66. The molecule has 0 N–H and O–H groups in total. The van der Waals surface area contributed by atoms with E-state index in [-0.39, 0.29) is 0 Å². The lowest BCUT2D eigenvalue weighted by Gasteiger charge is -2.01. The molecule has 1 aromatic rings. The Morgan fingerprint density at radius 1 is 1.42 bits per heavy atom. The molecule has 0 fully saturated rings. The lowest BCUT2D eigenvalue weighted by atomic mass is 10.2. The largest absolute Gasteiger partial charge is 0.238 e. The van der Waals surface area contributed by atoms with Crippen LogP contribution in [0.25, 0.3) is 0 Å². The van der Waals surface area contributed by atoms with Gasteiger partial charge in [-0.3, -0.25) is 0 Å². The Bertz CT molecular complexity index is 279. The predicted octanol–water partition coefficient (Wildman–Crippen LogP) is 2.08. The van der Waals surface area contributed by atoms with Crippen molar-refractivity contribution in [3.8, 4) is 0 Å². The van der Waals surface area contributed by atoms with Gasteiger partial charge in [-0.05, 0) is 19.4 Å². The van der Waals surface area contributed by atoms with Crippen LogP contribution in [-0.4, -0.2) is 9.97 Å². The van der Waals surface area contributed by atoms with Crippen LogP contribution in [0.5, 0.6) is 0 Å². The average Bonchev–Trinajstić information content (AvgIpc) is 2.04. The molecule has 2 heteroatoms. The minimum absolute atomic E-state index is 0.830. The van der Waals surface area contributed by atoms with Crippen LogP contribution in [0.1, 0.15) is 24.1 Å². The molecular weight excluding hydrogens is 148 g/mol. The topological polar surface area (TPSA) is 25.8 Å². The van der Waals surface area contributed by atoms with E-state index in [1.807, 2.05) is 19.1 Å². The highest BCUT2D eigenvalue weighted by Crippen LogP contribution is 2.02. The average molecular weight is 162 g/mol. The van der Waals surface area contributed by atoms with E-state index in [4.69, 9.17) is 0 Å². The van der Waals surface area contributed by atoms with Crippen LogP contribution in [0.3, 0.4) is 0 Å². The Kier molecular flexibility index (Phi) is 2.97. The summed E-state index contributed by atoms with van der Waals surface area (Å²) >= 11 is 0. The fourth-order valence-electron chi connectivity index (χ4n) is 1.13. The lowest BCUT2D eigenvalue weighted by molar-refractivity contribution is 0.911. The molecule has 1 rings (SSSR count). The summed E-state index contributed by atoms with van der Waals surface area (Å²) in [5, 5.41) is 0. The van der Waals surface area contributed by atoms with Crippen molar-refractivity contribution in [3.63, 3.8) is 0 Å². The number of hydrogen-bond donors (Lipinski definition) is 0. The number of rotatable bonds is 3. The maximum atomic E-state index is 4.29. The molecule has 0 spiro atoms. The van der Waals surface area contributed by atoms with Gasteiger partial charge in [-0.25, -0.2) is 9.97 Å². The molecule has 0 aliphatic carbocycles. The van der Waals surface area contributed by atoms with Crippen molar-refractivity contribution < 1.29 is 0 Å². The molecule has 0 radical (unpaired) electrons. The molecule has 0 bridgehead atoms. The first-order chi connectivity index (χ1) is 5.76. The molecule has 12 heavy (non-hydrogen) atoms. The van der Waals surface area contributed by atoms with Crippen molar-refractivity contribution in [2.24, 2.45) is 0 Å². The highest BCUT2D eigenvalue weighted by Gasteiger charge is 1.97. The second kappa shape index (κ2) is 4.00. The van der Waals surface area contributed by atoms with Crippen LogP contribution < -0.4 is 0 Å². The van der Waals surface area contributed by atoms with Crippen molar-refractivity contribution in [2.75, 3.05) is 0 Å². The van der Waals surface area contributed by atoms with Gasteiger partial charge in [-0.15, -0.1) is 6.58 Å². The standard InChI is InChI=1S/C10H14N2/c1-4-6-10-7-9(5-2)11-8(3)12-10/h4,7H,1,5-6H2,2-3H3. The summed E-state index contributed by atoms with van der Waals surface area (Å²) in [6, 6.07) is 2.04. The van der Waals surface area contributed by atoms with Gasteiger partial charge < -0.3 is 0 Å². The summed E-state index contributed by atoms with van der Waals surface area (Å²) in [6.45, 7) is 7.70. The van der Waals surface area contributed by atoms with E-state index < -0.39 is 0 Å². The molecule has 0 aliphatic heterocycles. The molecule has 0 aliphatic rings. The van der Waals surface area contributed by atoms with Gasteiger partial charge in [-0.1, -0.05) is 13.0 Å². The fraction of sp³-hybridized carbons (Fsp3) is 0.400. The van der Waals surface area contributed by atoms with E-state index in [1.165, 1.54) is 0 Å². The first-order valence-corrected chi connectivity index (χ1v) is 4.20. The fourth-order valence-corrected chi connectivity index (χ4v) is 1.13. The monoisotopic (exact) mass is 162 g/mol. The first kappa shape index (κ1) is 8.91. The van der Waals surface area contributed by atoms with E-state index in [1.54, 1.807) is 0 Å². The summed E-state index contributed by atoms with van der Waals surface area (Å²) < 4.78 is 0. The van der Waals surface area contributed by atoms with Crippen LogP contribution in [0.4, 0.5) is 0 Å². The van der Waals surface area contributed by atoms with Gasteiger partial charge in [0, 0.05) is 17.8 Å². The molecular formula is C10H14N2. The van der Waals surface area contributed by atoms with E-state index in [0.717, 1.165) is 30.1 Å². The molecule has 0 saturated carbocycles. The van der Waals surface area contributed by atoms with Crippen LogP contribution in [0, 0.1) is 6.92 Å². The number of aryl methyl sites for hydroxylation is 2. The van der Waals surface area contributed by atoms with E-state index in [9.17, 15) is 0 Å². The second-order valence-electron chi connectivity index (χ2n) is 2.74. The van der Waals surface area contributed by atoms with Crippen molar-refractivity contribution in [1.29, 1.82) is 0 Å². The van der Waals surface area contributed by atoms with Crippen LogP contribution in [-0.2, 0) is 12.8 Å². The van der Waals surface area contributed by atoms with Crippen LogP contribution in [0.2, 0.25) is 0 Å². The van der Waals surface area contributed by atoms with E-state index in [0.29, 0.717) is 0 Å². The summed E-state index contributed by atoms with van der Waals surface area (Å²) in [5.74, 6) is 0.853. The number of allylic oxidation sites excluding steroid dienone is 1. The Labute approximate surface area is 73.4 Å². The first-order valence-electron chi connectivity index (χ1n) is 4.20. The van der Waals surface area contributed by atoms with Gasteiger partial charge in [0.1, 0.15) is 5.82 Å². The van der Waals surface area contributed by atoms with Crippen LogP contribution in [0.15, 0.2) is 18.7 Å². The number of aromatic nitrogens is 2. The van der Waals surface area contributed by atoms with Gasteiger partial charge in [0.2, 0.25) is 0 Å². The lowest BCUT2D eigenvalue weighted by Crippen LogP contribution is -1.98. The summed E-state index contributed by atoms with van der Waals surface area (Å²) in [5.41, 5.74) is 2.17. The Morgan fingerprint density at radius 3 is 2.67 bits per heavy atom. The molecule has 1 heterocycles. The molecule has 1 aromatic heterocycles. The van der Waals surface area contributed by atoms with Gasteiger partial charge >= 0.3 is 0 Å². The normalized spacial score (nSPS) is 9.83. The molecule has 0 saturated heterocycles. The van der Waals surface area contributed by atoms with Crippen molar-refractivity contribution in [2.45, 2.75) is 26.7 Å². The molecule has 64 valence electrons. The predicted molar refractivity (Wildman–Crippen MR) is 50.0 cm³/mol. The maximum Gasteiger partial charge on any atom is 0.125 e. The van der Waals surface area contributed by atoms with Crippen molar-refractivity contribution >= 4 is 0 Å². The van der Waals surface area contributed by atoms with Gasteiger partial charge in [0.25, 0.3) is 0 Å². The quantitative estimate of drug-likeness (QED) is 0.636. The van der Waals surface area contributed by atoms with E-state index >= 15 is 0 Å². The summed E-state index contributed by atoms with van der Waals surface area (Å²) in [6.07, 6.45) is 3.66.